The Bertz CT molecular complexity index is 965. The summed E-state index contributed by atoms with van der Waals surface area (Å²) in [5, 5.41) is 13.9. The number of anilines is 1. The highest BCUT2D eigenvalue weighted by molar-refractivity contribution is 6.32. The van der Waals surface area contributed by atoms with Crippen LogP contribution in [0.1, 0.15) is 18.1 Å². The van der Waals surface area contributed by atoms with Crippen molar-refractivity contribution in [1.29, 1.82) is 5.26 Å². The minimum atomic E-state index is -0.855. The van der Waals surface area contributed by atoms with E-state index in [9.17, 15) is 14.4 Å². The van der Waals surface area contributed by atoms with E-state index in [0.717, 1.165) is 0 Å². The lowest BCUT2D eigenvalue weighted by molar-refractivity contribution is -0.144. The number of hydrogen-bond acceptors (Lipinski definition) is 5. The molecule has 2 amide bonds. The molecule has 0 aromatic heterocycles. The number of benzene rings is 2. The fourth-order valence-corrected chi connectivity index (χ4v) is 2.36. The fraction of sp³-hybridized carbons (Fsp3) is 0.100. The van der Waals surface area contributed by atoms with Crippen LogP contribution in [0.15, 0.2) is 54.2 Å². The van der Waals surface area contributed by atoms with Crippen LogP contribution < -0.4 is 10.6 Å². The van der Waals surface area contributed by atoms with Gasteiger partial charge < -0.3 is 15.4 Å². The van der Waals surface area contributed by atoms with Gasteiger partial charge in [0.25, 0.3) is 5.91 Å². The molecule has 2 N–H and O–H groups in total. The first-order valence-electron chi connectivity index (χ1n) is 8.10. The highest BCUT2D eigenvalue weighted by Gasteiger charge is 2.15. The SMILES string of the molecule is CC(=O)N/C(=C\c1ccccc1)C(=O)OCC(=O)Nc1ccc(C#N)c(Cl)c1. The van der Waals surface area contributed by atoms with Gasteiger partial charge in [-0.15, -0.1) is 0 Å². The van der Waals surface area contributed by atoms with Gasteiger partial charge in [-0.1, -0.05) is 41.9 Å². The molecule has 0 saturated heterocycles. The monoisotopic (exact) mass is 397 g/mol. The molecule has 0 saturated carbocycles. The van der Waals surface area contributed by atoms with E-state index in [2.05, 4.69) is 10.6 Å². The van der Waals surface area contributed by atoms with Crippen LogP contribution in [0.3, 0.4) is 0 Å². The Labute approximate surface area is 166 Å². The minimum absolute atomic E-state index is 0.0899. The number of hydrogen-bond donors (Lipinski definition) is 2. The third kappa shape index (κ3) is 6.27. The molecule has 2 aromatic carbocycles. The van der Waals surface area contributed by atoms with Gasteiger partial charge in [0, 0.05) is 12.6 Å². The zero-order valence-electron chi connectivity index (χ0n) is 14.9. The molecule has 28 heavy (non-hydrogen) atoms. The van der Waals surface area contributed by atoms with E-state index in [4.69, 9.17) is 21.6 Å². The van der Waals surface area contributed by atoms with Crippen LogP contribution >= 0.6 is 11.6 Å². The average molecular weight is 398 g/mol. The number of rotatable bonds is 6. The van der Waals surface area contributed by atoms with Crippen LogP contribution in [-0.2, 0) is 19.1 Å². The summed E-state index contributed by atoms with van der Waals surface area (Å²) in [4.78, 5) is 35.6. The first-order chi connectivity index (χ1) is 13.4. The van der Waals surface area contributed by atoms with Gasteiger partial charge in [0.1, 0.15) is 11.8 Å². The van der Waals surface area contributed by atoms with E-state index in [0.29, 0.717) is 11.3 Å². The molecule has 0 unspecified atom stereocenters. The number of amides is 2. The number of esters is 1. The predicted molar refractivity (Wildman–Crippen MR) is 104 cm³/mol. The maximum atomic E-state index is 12.2. The van der Waals surface area contributed by atoms with Crippen LogP contribution in [0, 0.1) is 11.3 Å². The lowest BCUT2D eigenvalue weighted by Gasteiger charge is -2.10. The first-order valence-corrected chi connectivity index (χ1v) is 8.48. The lowest BCUT2D eigenvalue weighted by atomic mass is 10.2. The van der Waals surface area contributed by atoms with E-state index >= 15 is 0 Å². The zero-order valence-corrected chi connectivity index (χ0v) is 15.6. The molecule has 0 fully saturated rings. The summed E-state index contributed by atoms with van der Waals surface area (Å²) in [6.45, 7) is 0.690. The summed E-state index contributed by atoms with van der Waals surface area (Å²) >= 11 is 5.90. The van der Waals surface area contributed by atoms with E-state index in [1.54, 1.807) is 24.3 Å². The Balaban J connectivity index is 2.00. The number of nitriles is 1. The second-order valence-corrected chi connectivity index (χ2v) is 5.99. The van der Waals surface area contributed by atoms with Crippen molar-refractivity contribution in [3.63, 3.8) is 0 Å². The summed E-state index contributed by atoms with van der Waals surface area (Å²) in [5.74, 6) is -1.90. The molecule has 2 aromatic rings. The molecule has 142 valence electrons. The lowest BCUT2D eigenvalue weighted by Crippen LogP contribution is -2.28. The fourth-order valence-electron chi connectivity index (χ4n) is 2.14. The quantitative estimate of drug-likeness (QED) is 0.575. The third-order valence-corrected chi connectivity index (χ3v) is 3.66. The Hall–Kier alpha value is -3.63. The van der Waals surface area contributed by atoms with Gasteiger partial charge >= 0.3 is 5.97 Å². The molecule has 0 spiro atoms. The standard InChI is InChI=1S/C20H16ClN3O4/c1-13(25)23-18(9-14-5-3-2-4-6-14)20(27)28-12-19(26)24-16-8-7-15(11-22)17(21)10-16/h2-10H,12H2,1H3,(H,23,25)(H,24,26)/b18-9-. The molecule has 0 radical (unpaired) electrons. The van der Waals surface area contributed by atoms with E-state index in [1.165, 1.54) is 31.2 Å². The largest absolute Gasteiger partial charge is 0.451 e. The van der Waals surface area contributed by atoms with Crippen molar-refractivity contribution in [3.05, 3.63) is 70.4 Å². The Kier molecular flexibility index (Phi) is 7.31. The van der Waals surface area contributed by atoms with Gasteiger partial charge in [0.15, 0.2) is 6.61 Å². The number of nitrogens with one attached hydrogen (secondary N) is 2. The van der Waals surface area contributed by atoms with Gasteiger partial charge in [-0.3, -0.25) is 9.59 Å². The molecule has 8 heteroatoms. The summed E-state index contributed by atoms with van der Waals surface area (Å²) < 4.78 is 4.97. The number of halogens is 1. The Morgan fingerprint density at radius 3 is 2.50 bits per heavy atom. The van der Waals surface area contributed by atoms with Gasteiger partial charge in [-0.2, -0.15) is 5.26 Å². The molecule has 0 aliphatic rings. The minimum Gasteiger partial charge on any atom is -0.451 e. The molecule has 2 rings (SSSR count). The topological polar surface area (TPSA) is 108 Å². The summed E-state index contributed by atoms with van der Waals surface area (Å²) in [6, 6.07) is 15.1. The molecule has 0 atom stereocenters. The smallest absolute Gasteiger partial charge is 0.355 e. The summed E-state index contributed by atoms with van der Waals surface area (Å²) in [7, 11) is 0. The van der Waals surface area contributed by atoms with Crippen molar-refractivity contribution in [2.24, 2.45) is 0 Å². The second kappa shape index (κ2) is 9.90. The van der Waals surface area contributed by atoms with E-state index in [1.807, 2.05) is 12.1 Å². The summed E-state index contributed by atoms with van der Waals surface area (Å²) in [5.41, 5.74) is 1.22. The maximum absolute atomic E-state index is 12.2. The molecule has 7 nitrogen and oxygen atoms in total. The number of nitrogens with zero attached hydrogens (tertiary/aromatic N) is 1. The van der Waals surface area contributed by atoms with Crippen molar-refractivity contribution in [2.75, 3.05) is 11.9 Å². The Morgan fingerprint density at radius 2 is 1.89 bits per heavy atom. The van der Waals surface area contributed by atoms with Crippen molar-refractivity contribution < 1.29 is 19.1 Å². The van der Waals surface area contributed by atoms with Gasteiger partial charge in [-0.05, 0) is 29.8 Å². The molecule has 0 aliphatic heterocycles. The van der Waals surface area contributed by atoms with Crippen molar-refractivity contribution in [2.45, 2.75) is 6.92 Å². The highest BCUT2D eigenvalue weighted by Crippen LogP contribution is 2.20. The van der Waals surface area contributed by atoms with Gasteiger partial charge in [0.05, 0.1) is 10.6 Å². The first kappa shape index (κ1) is 20.7. The maximum Gasteiger partial charge on any atom is 0.355 e. The molecule has 0 bridgehead atoms. The van der Waals surface area contributed by atoms with Crippen LogP contribution in [0.2, 0.25) is 5.02 Å². The number of carbonyl (C=O) groups excluding carboxylic acids is 3. The second-order valence-electron chi connectivity index (χ2n) is 5.58. The van der Waals surface area contributed by atoms with E-state index in [-0.39, 0.29) is 16.3 Å². The average Bonchev–Trinajstić information content (AvgIpc) is 2.66. The highest BCUT2D eigenvalue weighted by atomic mass is 35.5. The van der Waals surface area contributed by atoms with Crippen molar-refractivity contribution in [3.8, 4) is 6.07 Å². The summed E-state index contributed by atoms with van der Waals surface area (Å²) in [6.07, 6.45) is 1.45. The van der Waals surface area contributed by atoms with Crippen LogP contribution in [0.25, 0.3) is 6.08 Å². The third-order valence-electron chi connectivity index (χ3n) is 3.35. The van der Waals surface area contributed by atoms with Gasteiger partial charge in [-0.25, -0.2) is 4.79 Å². The molecule has 0 aliphatic carbocycles. The van der Waals surface area contributed by atoms with Crippen LogP contribution in [0.4, 0.5) is 5.69 Å². The van der Waals surface area contributed by atoms with Crippen LogP contribution in [0.5, 0.6) is 0 Å². The number of ether oxygens (including phenoxy) is 1. The molecule has 0 heterocycles. The number of carbonyl (C=O) groups is 3. The predicted octanol–water partition coefficient (Wildman–Crippen LogP) is 2.87. The van der Waals surface area contributed by atoms with E-state index < -0.39 is 24.4 Å². The molecular formula is C20H16ClN3O4. The van der Waals surface area contributed by atoms with Crippen molar-refractivity contribution in [1.82, 2.24) is 5.32 Å². The Morgan fingerprint density at radius 1 is 1.18 bits per heavy atom. The van der Waals surface area contributed by atoms with Crippen molar-refractivity contribution >= 4 is 41.1 Å². The zero-order chi connectivity index (χ0) is 20.5. The van der Waals surface area contributed by atoms with Gasteiger partial charge in [0.2, 0.25) is 5.91 Å². The van der Waals surface area contributed by atoms with Crippen LogP contribution in [-0.4, -0.2) is 24.4 Å². The normalized spacial score (nSPS) is 10.5. The molecular weight excluding hydrogens is 382 g/mol.